The molecule has 2 saturated heterocycles. The number of epoxide rings is 1. The second kappa shape index (κ2) is 11.4. The lowest BCUT2D eigenvalue weighted by Crippen LogP contribution is -2.64. The van der Waals surface area contributed by atoms with E-state index in [0.717, 1.165) is 32.3 Å². The first kappa shape index (κ1) is 31.1. The summed E-state index contributed by atoms with van der Waals surface area (Å²) in [7, 11) is 0. The van der Waals surface area contributed by atoms with Crippen LogP contribution < -0.4 is 0 Å². The molecule has 10 atom stereocenters. The van der Waals surface area contributed by atoms with Gasteiger partial charge in [0.1, 0.15) is 12.7 Å². The van der Waals surface area contributed by atoms with Gasteiger partial charge >= 0.3 is 23.9 Å². The van der Waals surface area contributed by atoms with Gasteiger partial charge in [-0.2, -0.15) is 0 Å². The van der Waals surface area contributed by atoms with Crippen LogP contribution in [0.4, 0.5) is 0 Å². The van der Waals surface area contributed by atoms with E-state index in [4.69, 9.17) is 33.2 Å². The van der Waals surface area contributed by atoms with E-state index in [0.29, 0.717) is 0 Å². The molecule has 0 aromatic rings. The highest BCUT2D eigenvalue weighted by Crippen LogP contribution is 2.64. The Morgan fingerprint density at radius 2 is 1.51 bits per heavy atom. The molecule has 0 N–H and O–H groups in total. The molecule has 4 rings (SSSR count). The number of ketones is 1. The first-order valence-electron chi connectivity index (χ1n) is 13.9. The Bertz CT molecular complexity index is 1130. The summed E-state index contributed by atoms with van der Waals surface area (Å²) in [6, 6.07) is 0. The van der Waals surface area contributed by atoms with Crippen LogP contribution in [0.1, 0.15) is 68.2 Å². The number of fused-ring (bicyclic) bond motifs is 3. The summed E-state index contributed by atoms with van der Waals surface area (Å²) in [4.78, 5) is 61.3. The maximum absolute atomic E-state index is 13.3. The summed E-state index contributed by atoms with van der Waals surface area (Å²) in [6.45, 7) is 12.0. The molecule has 0 amide bonds. The van der Waals surface area contributed by atoms with Gasteiger partial charge in [-0.05, 0) is 52.5 Å². The van der Waals surface area contributed by atoms with E-state index in [1.807, 2.05) is 27.7 Å². The molecule has 0 aromatic heterocycles. The van der Waals surface area contributed by atoms with E-state index < -0.39 is 65.6 Å². The highest BCUT2D eigenvalue weighted by molar-refractivity contribution is 5.97. The third-order valence-corrected chi connectivity index (χ3v) is 8.60. The molecule has 41 heavy (non-hydrogen) atoms. The second-order valence-electron chi connectivity index (χ2n) is 12.1. The van der Waals surface area contributed by atoms with Crippen LogP contribution in [-0.2, 0) is 57.1 Å². The zero-order chi connectivity index (χ0) is 30.4. The predicted molar refractivity (Wildman–Crippen MR) is 139 cm³/mol. The average molecular weight is 581 g/mol. The fraction of sp³-hybridized carbons (Fsp3) is 0.759. The summed E-state index contributed by atoms with van der Waals surface area (Å²) in [5.41, 5.74) is -0.695. The quantitative estimate of drug-likeness (QED) is 0.235. The molecule has 2 aliphatic heterocycles. The molecule has 0 spiro atoms. The monoisotopic (exact) mass is 580 g/mol. The van der Waals surface area contributed by atoms with Gasteiger partial charge in [0.25, 0.3) is 0 Å². The minimum absolute atomic E-state index is 0.0376. The van der Waals surface area contributed by atoms with Gasteiger partial charge < -0.3 is 33.2 Å². The number of ether oxygens (including phenoxy) is 7. The van der Waals surface area contributed by atoms with E-state index >= 15 is 0 Å². The Morgan fingerprint density at radius 1 is 0.927 bits per heavy atom. The van der Waals surface area contributed by atoms with Gasteiger partial charge in [-0.3, -0.25) is 24.0 Å². The summed E-state index contributed by atoms with van der Waals surface area (Å²) < 4.78 is 40.5. The molecular formula is C29H40O12. The number of hydrogen-bond donors (Lipinski definition) is 0. The van der Waals surface area contributed by atoms with Crippen molar-refractivity contribution in [3.05, 3.63) is 11.6 Å². The van der Waals surface area contributed by atoms with E-state index in [1.165, 1.54) is 13.8 Å². The minimum Gasteiger partial charge on any atom is -0.463 e. The Kier molecular flexibility index (Phi) is 8.69. The molecule has 4 aliphatic rings. The van der Waals surface area contributed by atoms with Crippen LogP contribution in [0.5, 0.6) is 0 Å². The van der Waals surface area contributed by atoms with Crippen molar-refractivity contribution in [2.75, 3.05) is 6.61 Å². The summed E-state index contributed by atoms with van der Waals surface area (Å²) >= 11 is 0. The number of esters is 4. The molecule has 12 heteroatoms. The first-order valence-corrected chi connectivity index (χ1v) is 13.9. The van der Waals surface area contributed by atoms with Gasteiger partial charge in [0, 0.05) is 33.6 Å². The van der Waals surface area contributed by atoms with Crippen molar-refractivity contribution in [3.8, 4) is 0 Å². The van der Waals surface area contributed by atoms with Crippen LogP contribution in [0.2, 0.25) is 0 Å². The van der Waals surface area contributed by atoms with Crippen LogP contribution in [-0.4, -0.2) is 84.8 Å². The van der Waals surface area contributed by atoms with Crippen molar-refractivity contribution >= 4 is 29.7 Å². The standard InChI is InChI=1S/C29H40O12/c1-13-9-10-18-21(23-26(40-23)29(18,8)20(34)11-13)28(6,7)41-27-25(38-17(5)33)24(37-16(4)32)22(36-15(3)31)19(39-27)12-35-14(2)30/h11,18-19,21-27H,9-10,12H2,1-8H3/t18-,19+,21-,22+,23+,24-,25+,26+,27-,29+/m0/s1. The van der Waals surface area contributed by atoms with Crippen molar-refractivity contribution in [1.29, 1.82) is 0 Å². The SMILES string of the molecule is CC(=O)OC[C@H]1O[C@@H](OC(C)(C)[C@@H]2[C@H]3O[C@H]3[C@@]3(C)C(=O)C=C(C)CC[C@@H]23)[C@H](OC(C)=O)[C@@H](OC(C)=O)[C@@H]1OC(C)=O. The molecule has 2 aliphatic carbocycles. The smallest absolute Gasteiger partial charge is 0.303 e. The fourth-order valence-corrected chi connectivity index (χ4v) is 6.87. The Hall–Kier alpha value is -2.83. The lowest BCUT2D eigenvalue weighted by Gasteiger charge is -2.48. The van der Waals surface area contributed by atoms with Crippen LogP contribution >= 0.6 is 0 Å². The lowest BCUT2D eigenvalue weighted by molar-refractivity contribution is -0.334. The molecular weight excluding hydrogens is 540 g/mol. The van der Waals surface area contributed by atoms with Crippen LogP contribution in [0.3, 0.4) is 0 Å². The van der Waals surface area contributed by atoms with Gasteiger partial charge in [0.2, 0.25) is 0 Å². The van der Waals surface area contributed by atoms with Crippen molar-refractivity contribution in [2.45, 2.75) is 117 Å². The molecule has 0 radical (unpaired) electrons. The van der Waals surface area contributed by atoms with Crippen LogP contribution in [0, 0.1) is 17.3 Å². The van der Waals surface area contributed by atoms with Gasteiger partial charge in [0.05, 0.1) is 23.2 Å². The summed E-state index contributed by atoms with van der Waals surface area (Å²) in [5.74, 6) is -3.01. The van der Waals surface area contributed by atoms with Crippen molar-refractivity contribution < 1.29 is 57.1 Å². The topological polar surface area (TPSA) is 153 Å². The van der Waals surface area contributed by atoms with Crippen molar-refractivity contribution in [3.63, 3.8) is 0 Å². The zero-order valence-electron chi connectivity index (χ0n) is 24.8. The first-order chi connectivity index (χ1) is 19.1. The maximum atomic E-state index is 13.3. The molecule has 2 heterocycles. The second-order valence-corrected chi connectivity index (χ2v) is 12.1. The van der Waals surface area contributed by atoms with E-state index in [1.54, 1.807) is 6.08 Å². The summed E-state index contributed by atoms with van der Waals surface area (Å²) in [5, 5.41) is 0. The molecule has 0 aromatic carbocycles. The molecule has 0 unspecified atom stereocenters. The molecule has 228 valence electrons. The number of hydrogen-bond acceptors (Lipinski definition) is 12. The minimum atomic E-state index is -1.34. The number of carbonyl (C=O) groups is 5. The Morgan fingerprint density at radius 3 is 2.10 bits per heavy atom. The third kappa shape index (κ3) is 6.19. The average Bonchev–Trinajstić information content (AvgIpc) is 3.59. The van der Waals surface area contributed by atoms with Gasteiger partial charge in [0.15, 0.2) is 30.4 Å². The Balaban J connectivity index is 1.68. The normalized spacial score (nSPS) is 38.0. The summed E-state index contributed by atoms with van der Waals surface area (Å²) in [6.07, 6.45) is -3.62. The van der Waals surface area contributed by atoms with Crippen molar-refractivity contribution in [1.82, 2.24) is 0 Å². The molecule has 0 bridgehead atoms. The number of allylic oxidation sites excluding steroid dienone is 2. The number of rotatable bonds is 8. The third-order valence-electron chi connectivity index (χ3n) is 8.60. The zero-order valence-corrected chi connectivity index (χ0v) is 24.8. The van der Waals surface area contributed by atoms with Gasteiger partial charge in [-0.15, -0.1) is 0 Å². The van der Waals surface area contributed by atoms with E-state index in [-0.39, 0.29) is 36.4 Å². The van der Waals surface area contributed by atoms with Crippen LogP contribution in [0.15, 0.2) is 11.6 Å². The predicted octanol–water partition coefficient (Wildman–Crippen LogP) is 2.19. The molecule has 3 fully saturated rings. The van der Waals surface area contributed by atoms with Gasteiger partial charge in [-0.1, -0.05) is 5.57 Å². The molecule has 1 saturated carbocycles. The highest BCUT2D eigenvalue weighted by atomic mass is 16.7. The molecule has 12 nitrogen and oxygen atoms in total. The number of carbonyl (C=O) groups excluding carboxylic acids is 5. The van der Waals surface area contributed by atoms with Crippen LogP contribution in [0.25, 0.3) is 0 Å². The highest BCUT2D eigenvalue weighted by Gasteiger charge is 2.73. The Labute approximate surface area is 239 Å². The maximum Gasteiger partial charge on any atom is 0.303 e. The lowest BCUT2D eigenvalue weighted by atomic mass is 9.68. The van der Waals surface area contributed by atoms with E-state index in [9.17, 15) is 24.0 Å². The van der Waals surface area contributed by atoms with Gasteiger partial charge in [-0.25, -0.2) is 0 Å². The van der Waals surface area contributed by atoms with E-state index in [2.05, 4.69) is 0 Å². The largest absolute Gasteiger partial charge is 0.463 e. The fourth-order valence-electron chi connectivity index (χ4n) is 6.87. The van der Waals surface area contributed by atoms with Crippen molar-refractivity contribution in [2.24, 2.45) is 17.3 Å².